The largest absolute Gasteiger partial charge is 0.497 e. The smallest absolute Gasteiger partial charge is 0.185 e. The Hall–Kier alpha value is -3.99. The number of nitrogens with zero attached hydrogens (tertiary/aromatic N) is 2. The van der Waals surface area contributed by atoms with Crippen LogP contribution in [0.3, 0.4) is 0 Å². The van der Waals surface area contributed by atoms with Crippen LogP contribution in [0, 0.1) is 0 Å². The summed E-state index contributed by atoms with van der Waals surface area (Å²) < 4.78 is 5.20. The molecule has 0 bridgehead atoms. The predicted molar refractivity (Wildman–Crippen MR) is 116 cm³/mol. The summed E-state index contributed by atoms with van der Waals surface area (Å²) >= 11 is 0. The number of allylic oxidation sites excluding steroid dienone is 1. The van der Waals surface area contributed by atoms with Crippen molar-refractivity contribution in [3.63, 3.8) is 0 Å². The number of benzene rings is 3. The van der Waals surface area contributed by atoms with Crippen LogP contribution in [0.5, 0.6) is 5.75 Å². The molecule has 0 aliphatic carbocycles. The number of methoxy groups -OCH3 is 1. The van der Waals surface area contributed by atoms with Gasteiger partial charge in [-0.05, 0) is 60.2 Å². The van der Waals surface area contributed by atoms with E-state index in [0.29, 0.717) is 5.56 Å². The second-order valence-corrected chi connectivity index (χ2v) is 6.42. The van der Waals surface area contributed by atoms with Crippen LogP contribution in [-0.2, 0) is 0 Å². The van der Waals surface area contributed by atoms with Crippen molar-refractivity contribution in [3.05, 3.63) is 96.3 Å². The maximum Gasteiger partial charge on any atom is 0.185 e. The Morgan fingerprint density at radius 1 is 0.966 bits per heavy atom. The van der Waals surface area contributed by atoms with Gasteiger partial charge in [0.05, 0.1) is 12.6 Å². The number of rotatable bonds is 6. The molecule has 1 N–H and O–H groups in total. The summed E-state index contributed by atoms with van der Waals surface area (Å²) in [4.78, 5) is 21.0. The number of ether oxygens (including phenoxy) is 1. The second-order valence-electron chi connectivity index (χ2n) is 6.42. The van der Waals surface area contributed by atoms with Crippen molar-refractivity contribution in [2.24, 2.45) is 0 Å². The van der Waals surface area contributed by atoms with Gasteiger partial charge in [-0.25, -0.2) is 9.97 Å². The normalized spacial score (nSPS) is 10.9. The molecule has 0 saturated heterocycles. The van der Waals surface area contributed by atoms with Gasteiger partial charge >= 0.3 is 0 Å². The number of carbonyl (C=O) groups is 1. The number of hydrogen-bond acceptors (Lipinski definition) is 5. The molecule has 0 saturated carbocycles. The fraction of sp³-hybridized carbons (Fsp3) is 0.0417. The third kappa shape index (κ3) is 4.30. The predicted octanol–water partition coefficient (Wildman–Crippen LogP) is 5.28. The number of aromatic nitrogens is 2. The third-order valence-corrected chi connectivity index (χ3v) is 4.50. The number of fused-ring (bicyclic) bond motifs is 1. The summed E-state index contributed by atoms with van der Waals surface area (Å²) in [6.07, 6.45) is 4.88. The van der Waals surface area contributed by atoms with Gasteiger partial charge in [0, 0.05) is 16.6 Å². The van der Waals surface area contributed by atoms with Gasteiger partial charge in [-0.2, -0.15) is 0 Å². The van der Waals surface area contributed by atoms with Crippen molar-refractivity contribution in [2.45, 2.75) is 0 Å². The number of anilines is 2. The summed E-state index contributed by atoms with van der Waals surface area (Å²) in [7, 11) is 1.62. The molecule has 1 heterocycles. The summed E-state index contributed by atoms with van der Waals surface area (Å²) in [5.74, 6) is 1.42. The van der Waals surface area contributed by atoms with Crippen molar-refractivity contribution in [1.82, 2.24) is 9.97 Å². The lowest BCUT2D eigenvalue weighted by molar-refractivity contribution is 0.104. The molecule has 1 aromatic heterocycles. The highest BCUT2D eigenvalue weighted by atomic mass is 16.5. The van der Waals surface area contributed by atoms with Gasteiger partial charge in [-0.1, -0.05) is 30.3 Å². The molecule has 3 aromatic carbocycles. The standard InChI is InChI=1S/C24H19N3O2/c1-29-20-6-4-5-17(15-20)9-14-23(28)18-10-12-19(13-11-18)27-24-21-7-2-3-8-22(21)25-16-26-24/h2-16H,1H3,(H,25,26,27)/b14-9+. The van der Waals surface area contributed by atoms with Gasteiger partial charge in [-0.15, -0.1) is 0 Å². The highest BCUT2D eigenvalue weighted by molar-refractivity contribution is 6.07. The van der Waals surface area contributed by atoms with Gasteiger partial charge in [0.15, 0.2) is 5.78 Å². The minimum absolute atomic E-state index is 0.0631. The lowest BCUT2D eigenvalue weighted by Crippen LogP contribution is -1.98. The van der Waals surface area contributed by atoms with E-state index in [4.69, 9.17) is 4.74 Å². The molecule has 4 rings (SSSR count). The van der Waals surface area contributed by atoms with Crippen LogP contribution in [0.15, 0.2) is 85.2 Å². The third-order valence-electron chi connectivity index (χ3n) is 4.50. The Labute approximate surface area is 168 Å². The fourth-order valence-corrected chi connectivity index (χ4v) is 2.97. The Morgan fingerprint density at radius 2 is 1.79 bits per heavy atom. The number of ketones is 1. The maximum atomic E-state index is 12.5. The molecule has 5 heteroatoms. The highest BCUT2D eigenvalue weighted by Crippen LogP contribution is 2.23. The van der Waals surface area contributed by atoms with E-state index in [9.17, 15) is 4.79 Å². The SMILES string of the molecule is COc1cccc(/C=C/C(=O)c2ccc(Nc3ncnc4ccccc34)cc2)c1. The number of para-hydroxylation sites is 1. The van der Waals surface area contributed by atoms with Gasteiger partial charge in [-0.3, -0.25) is 4.79 Å². The Kier molecular flexibility index (Phi) is 5.29. The summed E-state index contributed by atoms with van der Waals surface area (Å²) in [6.45, 7) is 0. The summed E-state index contributed by atoms with van der Waals surface area (Å²) in [5, 5.41) is 4.23. The first-order valence-electron chi connectivity index (χ1n) is 9.16. The fourth-order valence-electron chi connectivity index (χ4n) is 2.97. The minimum Gasteiger partial charge on any atom is -0.497 e. The second kappa shape index (κ2) is 8.35. The van der Waals surface area contributed by atoms with Crippen molar-refractivity contribution >= 4 is 34.3 Å². The van der Waals surface area contributed by atoms with Crippen molar-refractivity contribution in [1.29, 1.82) is 0 Å². The number of nitrogens with one attached hydrogen (secondary N) is 1. The first-order chi connectivity index (χ1) is 14.2. The van der Waals surface area contributed by atoms with Crippen LogP contribution in [0.1, 0.15) is 15.9 Å². The van der Waals surface area contributed by atoms with E-state index < -0.39 is 0 Å². The van der Waals surface area contributed by atoms with Crippen molar-refractivity contribution in [2.75, 3.05) is 12.4 Å². The van der Waals surface area contributed by atoms with E-state index in [1.165, 1.54) is 6.33 Å². The lowest BCUT2D eigenvalue weighted by Gasteiger charge is -2.08. The molecule has 0 fully saturated rings. The molecule has 5 nitrogen and oxygen atoms in total. The van der Waals surface area contributed by atoms with Gasteiger partial charge in [0.25, 0.3) is 0 Å². The van der Waals surface area contributed by atoms with E-state index in [-0.39, 0.29) is 5.78 Å². The van der Waals surface area contributed by atoms with Crippen LogP contribution in [0.4, 0.5) is 11.5 Å². The number of hydrogen-bond donors (Lipinski definition) is 1. The van der Waals surface area contributed by atoms with Gasteiger partial charge < -0.3 is 10.1 Å². The van der Waals surface area contributed by atoms with Gasteiger partial charge in [0.1, 0.15) is 17.9 Å². The van der Waals surface area contributed by atoms with E-state index >= 15 is 0 Å². The van der Waals surface area contributed by atoms with Crippen molar-refractivity contribution in [3.8, 4) is 5.75 Å². The first kappa shape index (κ1) is 18.4. The molecule has 29 heavy (non-hydrogen) atoms. The molecular formula is C24H19N3O2. The van der Waals surface area contributed by atoms with Crippen LogP contribution in [0.2, 0.25) is 0 Å². The molecule has 142 valence electrons. The topological polar surface area (TPSA) is 64.1 Å². The average Bonchev–Trinajstić information content (AvgIpc) is 2.78. The quantitative estimate of drug-likeness (QED) is 0.364. The zero-order chi connectivity index (χ0) is 20.1. The molecule has 0 aliphatic rings. The molecule has 0 aliphatic heterocycles. The van der Waals surface area contributed by atoms with Crippen LogP contribution in [-0.4, -0.2) is 22.9 Å². The van der Waals surface area contributed by atoms with E-state index in [0.717, 1.165) is 33.7 Å². The Bertz CT molecular complexity index is 1180. The number of carbonyl (C=O) groups excluding carboxylic acids is 1. The molecule has 0 spiro atoms. The summed E-state index contributed by atoms with van der Waals surface area (Å²) in [5.41, 5.74) is 3.25. The Balaban J connectivity index is 1.48. The average molecular weight is 381 g/mol. The first-order valence-corrected chi connectivity index (χ1v) is 9.16. The van der Waals surface area contributed by atoms with Crippen LogP contribution >= 0.6 is 0 Å². The Morgan fingerprint density at radius 3 is 2.62 bits per heavy atom. The van der Waals surface area contributed by atoms with Crippen LogP contribution in [0.25, 0.3) is 17.0 Å². The molecule has 0 radical (unpaired) electrons. The zero-order valence-corrected chi connectivity index (χ0v) is 15.9. The molecule has 0 amide bonds. The maximum absolute atomic E-state index is 12.5. The lowest BCUT2D eigenvalue weighted by atomic mass is 10.1. The van der Waals surface area contributed by atoms with Crippen molar-refractivity contribution < 1.29 is 9.53 Å². The zero-order valence-electron chi connectivity index (χ0n) is 15.9. The molecule has 0 atom stereocenters. The van der Waals surface area contributed by atoms with Crippen LogP contribution < -0.4 is 10.1 Å². The highest BCUT2D eigenvalue weighted by Gasteiger charge is 2.05. The summed E-state index contributed by atoms with van der Waals surface area (Å²) in [6, 6.07) is 22.7. The molecular weight excluding hydrogens is 362 g/mol. The van der Waals surface area contributed by atoms with E-state index in [1.807, 2.05) is 60.7 Å². The van der Waals surface area contributed by atoms with E-state index in [2.05, 4.69) is 15.3 Å². The van der Waals surface area contributed by atoms with Gasteiger partial charge in [0.2, 0.25) is 0 Å². The molecule has 0 unspecified atom stereocenters. The molecule has 4 aromatic rings. The monoisotopic (exact) mass is 381 g/mol. The van der Waals surface area contributed by atoms with E-state index in [1.54, 1.807) is 31.4 Å². The minimum atomic E-state index is -0.0631.